The van der Waals surface area contributed by atoms with Gasteiger partial charge in [0.15, 0.2) is 0 Å². The van der Waals surface area contributed by atoms with Crippen molar-refractivity contribution < 1.29 is 4.84 Å². The minimum atomic E-state index is 0.590. The van der Waals surface area contributed by atoms with E-state index in [9.17, 15) is 0 Å². The second kappa shape index (κ2) is 4.88. The molecule has 0 fully saturated rings. The lowest BCUT2D eigenvalue weighted by Gasteiger charge is -2.01. The highest BCUT2D eigenvalue weighted by molar-refractivity contribution is 5.13. The zero-order chi connectivity index (χ0) is 7.94. The van der Waals surface area contributed by atoms with Crippen LogP contribution < -0.4 is 5.48 Å². The van der Waals surface area contributed by atoms with Gasteiger partial charge in [-0.2, -0.15) is 0 Å². The maximum atomic E-state index is 5.06. The van der Waals surface area contributed by atoms with Crippen molar-refractivity contribution in [2.75, 3.05) is 6.54 Å². The third-order valence-corrected chi connectivity index (χ3v) is 1.29. The summed E-state index contributed by atoms with van der Waals surface area (Å²) in [6, 6.07) is 10.00. The molecule has 0 heterocycles. The van der Waals surface area contributed by atoms with Crippen molar-refractivity contribution >= 4 is 0 Å². The Bertz CT molecular complexity index is 186. The quantitative estimate of drug-likeness (QED) is 0.519. The molecule has 0 bridgehead atoms. The van der Waals surface area contributed by atoms with Gasteiger partial charge in [-0.25, -0.2) is 5.48 Å². The predicted octanol–water partition coefficient (Wildman–Crippen LogP) is 1.54. The highest BCUT2D eigenvalue weighted by atomic mass is 16.6. The number of benzene rings is 1. The van der Waals surface area contributed by atoms with Crippen LogP contribution >= 0.6 is 0 Å². The Morgan fingerprint density at radius 1 is 1.27 bits per heavy atom. The molecular formula is C9H12NO. The Hall–Kier alpha value is -0.860. The Labute approximate surface area is 67.1 Å². The molecule has 0 unspecified atom stereocenters. The first-order valence-corrected chi connectivity index (χ1v) is 3.61. The highest BCUT2D eigenvalue weighted by Crippen LogP contribution is 1.98. The molecule has 0 saturated carbocycles. The smallest absolute Gasteiger partial charge is 0.0933 e. The first-order chi connectivity index (χ1) is 5.43. The normalized spacial score (nSPS) is 9.91. The summed E-state index contributed by atoms with van der Waals surface area (Å²) in [6.45, 7) is 4.76. The second-order valence-corrected chi connectivity index (χ2v) is 2.17. The van der Waals surface area contributed by atoms with E-state index in [4.69, 9.17) is 4.84 Å². The van der Waals surface area contributed by atoms with Crippen LogP contribution in [0.5, 0.6) is 0 Å². The molecule has 1 N–H and O–H groups in total. The first kappa shape index (κ1) is 8.24. The van der Waals surface area contributed by atoms with Gasteiger partial charge in [0, 0.05) is 6.54 Å². The van der Waals surface area contributed by atoms with Crippen LogP contribution in [0.4, 0.5) is 0 Å². The lowest BCUT2D eigenvalue weighted by Crippen LogP contribution is -2.13. The standard InChI is InChI=1S/C9H12NO/c1-2-10-11-8-9-6-4-3-5-7-9/h3-7,10H,1-2,8H2. The van der Waals surface area contributed by atoms with Gasteiger partial charge in [-0.3, -0.25) is 4.84 Å². The van der Waals surface area contributed by atoms with Crippen LogP contribution in [0.2, 0.25) is 0 Å². The van der Waals surface area contributed by atoms with Crippen molar-refractivity contribution in [3.63, 3.8) is 0 Å². The van der Waals surface area contributed by atoms with Crippen molar-refractivity contribution in [1.29, 1.82) is 0 Å². The van der Waals surface area contributed by atoms with Crippen molar-refractivity contribution in [2.24, 2.45) is 0 Å². The van der Waals surface area contributed by atoms with Crippen LogP contribution in [0.25, 0.3) is 0 Å². The Kier molecular flexibility index (Phi) is 3.65. The third-order valence-electron chi connectivity index (χ3n) is 1.29. The number of nitrogens with one attached hydrogen (secondary N) is 1. The average Bonchev–Trinajstić information content (AvgIpc) is 2.07. The summed E-state index contributed by atoms with van der Waals surface area (Å²) in [4.78, 5) is 5.06. The van der Waals surface area contributed by atoms with E-state index in [1.807, 2.05) is 30.3 Å². The van der Waals surface area contributed by atoms with Crippen LogP contribution in [0, 0.1) is 6.92 Å². The van der Waals surface area contributed by atoms with Gasteiger partial charge >= 0.3 is 0 Å². The van der Waals surface area contributed by atoms with E-state index in [2.05, 4.69) is 12.4 Å². The highest BCUT2D eigenvalue weighted by Gasteiger charge is 1.88. The molecule has 0 aliphatic rings. The van der Waals surface area contributed by atoms with Gasteiger partial charge in [0.05, 0.1) is 6.61 Å². The molecule has 1 radical (unpaired) electrons. The molecule has 2 nitrogen and oxygen atoms in total. The predicted molar refractivity (Wildman–Crippen MR) is 44.6 cm³/mol. The Balaban J connectivity index is 2.28. The zero-order valence-electron chi connectivity index (χ0n) is 6.42. The average molecular weight is 150 g/mol. The number of hydrogen-bond donors (Lipinski definition) is 1. The van der Waals surface area contributed by atoms with Crippen LogP contribution in [-0.2, 0) is 11.4 Å². The molecule has 2 heteroatoms. The molecule has 1 aromatic carbocycles. The van der Waals surface area contributed by atoms with E-state index in [0.29, 0.717) is 13.2 Å². The van der Waals surface area contributed by atoms with Crippen molar-refractivity contribution in [3.05, 3.63) is 42.8 Å². The van der Waals surface area contributed by atoms with E-state index in [-0.39, 0.29) is 0 Å². The van der Waals surface area contributed by atoms with Gasteiger partial charge in [0.25, 0.3) is 0 Å². The van der Waals surface area contributed by atoms with E-state index < -0.39 is 0 Å². The van der Waals surface area contributed by atoms with Gasteiger partial charge < -0.3 is 0 Å². The number of rotatable bonds is 4. The first-order valence-electron chi connectivity index (χ1n) is 3.61. The van der Waals surface area contributed by atoms with Crippen LogP contribution in [0.3, 0.4) is 0 Å². The van der Waals surface area contributed by atoms with Crippen molar-refractivity contribution in [3.8, 4) is 0 Å². The zero-order valence-corrected chi connectivity index (χ0v) is 6.42. The van der Waals surface area contributed by atoms with Crippen molar-refractivity contribution in [1.82, 2.24) is 5.48 Å². The van der Waals surface area contributed by atoms with Gasteiger partial charge in [-0.05, 0) is 12.5 Å². The summed E-state index contributed by atoms with van der Waals surface area (Å²) in [6.07, 6.45) is 0. The molecule has 0 aromatic heterocycles. The molecule has 1 rings (SSSR count). The molecule has 11 heavy (non-hydrogen) atoms. The van der Waals surface area contributed by atoms with Crippen molar-refractivity contribution in [2.45, 2.75) is 6.61 Å². The molecule has 0 spiro atoms. The number of hydrogen-bond acceptors (Lipinski definition) is 2. The maximum absolute atomic E-state index is 5.06. The molecule has 0 aliphatic heterocycles. The SMILES string of the molecule is [CH2]CNOCc1ccccc1. The molecule has 59 valence electrons. The fraction of sp³-hybridized carbons (Fsp3) is 0.222. The topological polar surface area (TPSA) is 21.3 Å². The minimum absolute atomic E-state index is 0.590. The fourth-order valence-electron chi connectivity index (χ4n) is 0.781. The van der Waals surface area contributed by atoms with E-state index in [1.54, 1.807) is 0 Å². The minimum Gasteiger partial charge on any atom is -0.297 e. The van der Waals surface area contributed by atoms with E-state index in [1.165, 1.54) is 0 Å². The van der Waals surface area contributed by atoms with E-state index >= 15 is 0 Å². The van der Waals surface area contributed by atoms with Crippen LogP contribution in [0.15, 0.2) is 30.3 Å². The lowest BCUT2D eigenvalue weighted by molar-refractivity contribution is 0.0348. The molecule has 0 amide bonds. The lowest BCUT2D eigenvalue weighted by atomic mass is 10.2. The summed E-state index contributed by atoms with van der Waals surface area (Å²) in [7, 11) is 0. The summed E-state index contributed by atoms with van der Waals surface area (Å²) < 4.78 is 0. The summed E-state index contributed by atoms with van der Waals surface area (Å²) >= 11 is 0. The number of hydroxylamine groups is 1. The van der Waals surface area contributed by atoms with Gasteiger partial charge in [-0.1, -0.05) is 30.3 Å². The largest absolute Gasteiger partial charge is 0.297 e. The van der Waals surface area contributed by atoms with Gasteiger partial charge in [0.1, 0.15) is 0 Å². The maximum Gasteiger partial charge on any atom is 0.0933 e. The summed E-state index contributed by atoms with van der Waals surface area (Å²) in [5.74, 6) is 0. The molecule has 1 aromatic rings. The van der Waals surface area contributed by atoms with Gasteiger partial charge in [0.2, 0.25) is 0 Å². The molecule has 0 saturated heterocycles. The summed E-state index contributed by atoms with van der Waals surface area (Å²) in [5, 5.41) is 0. The monoisotopic (exact) mass is 150 g/mol. The molecule has 0 atom stereocenters. The third kappa shape index (κ3) is 3.16. The fourth-order valence-corrected chi connectivity index (χ4v) is 0.781. The summed E-state index contributed by atoms with van der Waals surface area (Å²) in [5.41, 5.74) is 3.85. The van der Waals surface area contributed by atoms with E-state index in [0.717, 1.165) is 5.56 Å². The Morgan fingerprint density at radius 3 is 2.64 bits per heavy atom. The second-order valence-electron chi connectivity index (χ2n) is 2.17. The molecular weight excluding hydrogens is 138 g/mol. The Morgan fingerprint density at radius 2 is 2.00 bits per heavy atom. The van der Waals surface area contributed by atoms with Crippen LogP contribution in [-0.4, -0.2) is 6.54 Å². The van der Waals surface area contributed by atoms with Crippen LogP contribution in [0.1, 0.15) is 5.56 Å². The van der Waals surface area contributed by atoms with Gasteiger partial charge in [-0.15, -0.1) is 0 Å². The molecule has 0 aliphatic carbocycles.